The van der Waals surface area contributed by atoms with Crippen LogP contribution in [0.25, 0.3) is 0 Å². The van der Waals surface area contributed by atoms with Crippen LogP contribution in [0.5, 0.6) is 0 Å². The Kier molecular flexibility index (Phi) is 3.58. The zero-order chi connectivity index (χ0) is 10.1. The lowest BCUT2D eigenvalue weighted by atomic mass is 10.1. The number of hydrogen-bond donors (Lipinski definition) is 1. The van der Waals surface area contributed by atoms with Gasteiger partial charge in [0.15, 0.2) is 0 Å². The Hall–Kier alpha value is -1.22. The van der Waals surface area contributed by atoms with Crippen LogP contribution in [0.3, 0.4) is 0 Å². The first-order chi connectivity index (χ1) is 6.72. The van der Waals surface area contributed by atoms with E-state index < -0.39 is 0 Å². The van der Waals surface area contributed by atoms with Crippen LogP contribution in [0.1, 0.15) is 17.9 Å². The fourth-order valence-corrected chi connectivity index (χ4v) is 1.72. The smallest absolute Gasteiger partial charge is 0.309 e. The first-order valence-electron chi connectivity index (χ1n) is 4.65. The van der Waals surface area contributed by atoms with Gasteiger partial charge in [0.2, 0.25) is 0 Å². The number of halogens is 1. The SMILES string of the molecule is COC(=O)[C@H]1C[C@@H]1c1ccc(N)cc1.Cl. The second-order valence-corrected chi connectivity index (χ2v) is 3.64. The monoisotopic (exact) mass is 227 g/mol. The van der Waals surface area contributed by atoms with Gasteiger partial charge in [0, 0.05) is 5.69 Å². The van der Waals surface area contributed by atoms with Gasteiger partial charge in [-0.3, -0.25) is 4.79 Å². The average Bonchev–Trinajstić information content (AvgIpc) is 2.98. The molecule has 3 nitrogen and oxygen atoms in total. The Morgan fingerprint density at radius 2 is 2.00 bits per heavy atom. The Balaban J connectivity index is 0.00000112. The van der Waals surface area contributed by atoms with Crippen molar-refractivity contribution in [1.82, 2.24) is 0 Å². The van der Waals surface area contributed by atoms with Crippen molar-refractivity contribution in [2.24, 2.45) is 5.92 Å². The molecule has 0 bridgehead atoms. The molecule has 0 heterocycles. The van der Waals surface area contributed by atoms with Crippen LogP contribution in [0.4, 0.5) is 5.69 Å². The molecule has 1 aromatic rings. The maximum absolute atomic E-state index is 11.2. The topological polar surface area (TPSA) is 52.3 Å². The molecule has 1 aliphatic rings. The molecule has 15 heavy (non-hydrogen) atoms. The Morgan fingerprint density at radius 1 is 1.40 bits per heavy atom. The molecule has 2 atom stereocenters. The van der Waals surface area contributed by atoms with Crippen LogP contribution < -0.4 is 5.73 Å². The summed E-state index contributed by atoms with van der Waals surface area (Å²) in [6.45, 7) is 0. The van der Waals surface area contributed by atoms with Gasteiger partial charge in [-0.05, 0) is 30.0 Å². The average molecular weight is 228 g/mol. The molecular weight excluding hydrogens is 214 g/mol. The summed E-state index contributed by atoms with van der Waals surface area (Å²) in [6, 6.07) is 7.68. The molecule has 0 spiro atoms. The largest absolute Gasteiger partial charge is 0.469 e. The van der Waals surface area contributed by atoms with Gasteiger partial charge >= 0.3 is 5.97 Å². The van der Waals surface area contributed by atoms with Crippen LogP contribution in [0.15, 0.2) is 24.3 Å². The summed E-state index contributed by atoms with van der Waals surface area (Å²) in [7, 11) is 1.43. The van der Waals surface area contributed by atoms with Crippen molar-refractivity contribution in [2.45, 2.75) is 12.3 Å². The minimum atomic E-state index is -0.105. The number of benzene rings is 1. The normalized spacial score (nSPS) is 22.7. The quantitative estimate of drug-likeness (QED) is 0.621. The van der Waals surface area contributed by atoms with Crippen molar-refractivity contribution < 1.29 is 9.53 Å². The highest BCUT2D eigenvalue weighted by molar-refractivity contribution is 5.85. The summed E-state index contributed by atoms with van der Waals surface area (Å²) >= 11 is 0. The van der Waals surface area contributed by atoms with E-state index in [0.717, 1.165) is 12.1 Å². The molecule has 82 valence electrons. The van der Waals surface area contributed by atoms with Crippen molar-refractivity contribution in [3.05, 3.63) is 29.8 Å². The highest BCUT2D eigenvalue weighted by Crippen LogP contribution is 2.48. The number of carbonyl (C=O) groups excluding carboxylic acids is 1. The van der Waals surface area contributed by atoms with E-state index in [4.69, 9.17) is 5.73 Å². The number of nitrogens with two attached hydrogens (primary N) is 1. The number of ether oxygens (including phenoxy) is 1. The summed E-state index contributed by atoms with van der Waals surface area (Å²) in [5.74, 6) is 0.290. The standard InChI is InChI=1S/C11H13NO2.ClH/c1-14-11(13)10-6-9(10)7-2-4-8(12)5-3-7;/h2-5,9-10H,6,12H2,1H3;1H/t9-,10+;/m1./s1. The maximum atomic E-state index is 11.2. The molecule has 2 N–H and O–H groups in total. The molecule has 2 rings (SSSR count). The molecule has 1 aliphatic carbocycles. The van der Waals surface area contributed by atoms with Crippen molar-refractivity contribution in [2.75, 3.05) is 12.8 Å². The Labute approximate surface area is 95.0 Å². The van der Waals surface area contributed by atoms with Crippen LogP contribution in [0.2, 0.25) is 0 Å². The summed E-state index contributed by atoms with van der Waals surface area (Å²) in [5, 5.41) is 0. The van der Waals surface area contributed by atoms with Crippen molar-refractivity contribution in [1.29, 1.82) is 0 Å². The van der Waals surface area contributed by atoms with E-state index in [1.54, 1.807) is 0 Å². The number of methoxy groups -OCH3 is 1. The van der Waals surface area contributed by atoms with E-state index in [1.165, 1.54) is 12.7 Å². The summed E-state index contributed by atoms with van der Waals surface area (Å²) < 4.78 is 4.69. The zero-order valence-corrected chi connectivity index (χ0v) is 9.29. The molecule has 1 aromatic carbocycles. The summed E-state index contributed by atoms with van der Waals surface area (Å²) in [5.41, 5.74) is 7.51. The number of anilines is 1. The van der Waals surface area contributed by atoms with Gasteiger partial charge in [0.05, 0.1) is 13.0 Å². The third kappa shape index (κ3) is 2.42. The van der Waals surface area contributed by atoms with E-state index in [-0.39, 0.29) is 24.3 Å². The van der Waals surface area contributed by atoms with E-state index in [0.29, 0.717) is 5.92 Å². The predicted molar refractivity (Wildman–Crippen MR) is 61.0 cm³/mol. The molecular formula is C11H14ClNO2. The lowest BCUT2D eigenvalue weighted by Gasteiger charge is -2.00. The first kappa shape index (κ1) is 11.9. The third-order valence-corrected chi connectivity index (χ3v) is 2.66. The minimum absolute atomic E-state index is 0. The molecule has 4 heteroatoms. The second-order valence-electron chi connectivity index (χ2n) is 3.64. The molecule has 0 saturated heterocycles. The van der Waals surface area contributed by atoms with E-state index in [9.17, 15) is 4.79 Å². The number of nitrogen functional groups attached to an aromatic ring is 1. The van der Waals surface area contributed by atoms with Gasteiger partial charge < -0.3 is 10.5 Å². The lowest BCUT2D eigenvalue weighted by molar-refractivity contribution is -0.142. The first-order valence-corrected chi connectivity index (χ1v) is 4.65. The fourth-order valence-electron chi connectivity index (χ4n) is 1.72. The minimum Gasteiger partial charge on any atom is -0.469 e. The summed E-state index contributed by atoms with van der Waals surface area (Å²) in [6.07, 6.45) is 0.899. The third-order valence-electron chi connectivity index (χ3n) is 2.66. The predicted octanol–water partition coefficient (Wildman–Crippen LogP) is 1.97. The number of carbonyl (C=O) groups is 1. The van der Waals surface area contributed by atoms with E-state index >= 15 is 0 Å². The van der Waals surface area contributed by atoms with Crippen LogP contribution in [-0.4, -0.2) is 13.1 Å². The molecule has 0 amide bonds. The van der Waals surface area contributed by atoms with Gasteiger partial charge in [0.25, 0.3) is 0 Å². The number of hydrogen-bond acceptors (Lipinski definition) is 3. The van der Waals surface area contributed by atoms with Crippen LogP contribution in [0, 0.1) is 5.92 Å². The van der Waals surface area contributed by atoms with Gasteiger partial charge in [-0.15, -0.1) is 12.4 Å². The molecule has 0 unspecified atom stereocenters. The molecule has 1 saturated carbocycles. The second kappa shape index (κ2) is 4.53. The fraction of sp³-hybridized carbons (Fsp3) is 0.364. The van der Waals surface area contributed by atoms with Crippen molar-refractivity contribution in [3.63, 3.8) is 0 Å². The van der Waals surface area contributed by atoms with Crippen molar-refractivity contribution in [3.8, 4) is 0 Å². The van der Waals surface area contributed by atoms with E-state index in [2.05, 4.69) is 4.74 Å². The molecule has 0 radical (unpaired) electrons. The van der Waals surface area contributed by atoms with Crippen LogP contribution in [-0.2, 0) is 9.53 Å². The molecule has 0 aromatic heterocycles. The van der Waals surface area contributed by atoms with Gasteiger partial charge in [-0.25, -0.2) is 0 Å². The Morgan fingerprint density at radius 3 is 2.53 bits per heavy atom. The van der Waals surface area contributed by atoms with Gasteiger partial charge in [0.1, 0.15) is 0 Å². The number of rotatable bonds is 2. The highest BCUT2D eigenvalue weighted by atomic mass is 35.5. The Bertz CT molecular complexity index is 350. The lowest BCUT2D eigenvalue weighted by Crippen LogP contribution is -2.03. The highest BCUT2D eigenvalue weighted by Gasteiger charge is 2.44. The van der Waals surface area contributed by atoms with Gasteiger partial charge in [-0.2, -0.15) is 0 Å². The number of esters is 1. The molecule has 1 fully saturated rings. The van der Waals surface area contributed by atoms with E-state index in [1.807, 2.05) is 24.3 Å². The zero-order valence-electron chi connectivity index (χ0n) is 8.47. The van der Waals surface area contributed by atoms with Gasteiger partial charge in [-0.1, -0.05) is 12.1 Å². The summed E-state index contributed by atoms with van der Waals surface area (Å²) in [4.78, 5) is 11.2. The van der Waals surface area contributed by atoms with Crippen LogP contribution >= 0.6 is 12.4 Å². The molecule has 0 aliphatic heterocycles. The van der Waals surface area contributed by atoms with Crippen molar-refractivity contribution >= 4 is 24.1 Å². The maximum Gasteiger partial charge on any atom is 0.309 e.